The fourth-order valence-electron chi connectivity index (χ4n) is 2.29. The molecule has 0 saturated heterocycles. The molecule has 3 aromatic carbocycles. The van der Waals surface area contributed by atoms with Crippen molar-refractivity contribution in [1.82, 2.24) is 0 Å². The van der Waals surface area contributed by atoms with Crippen molar-refractivity contribution in [1.29, 1.82) is 0 Å². The van der Waals surface area contributed by atoms with Gasteiger partial charge in [0.25, 0.3) is 0 Å². The minimum absolute atomic E-state index is 0.0789. The van der Waals surface area contributed by atoms with Gasteiger partial charge in [-0.05, 0) is 48.5 Å². The van der Waals surface area contributed by atoms with Gasteiger partial charge in [0.2, 0.25) is 0 Å². The van der Waals surface area contributed by atoms with Crippen molar-refractivity contribution < 1.29 is 28.7 Å². The van der Waals surface area contributed by atoms with Crippen molar-refractivity contribution in [3.63, 3.8) is 0 Å². The standard InChI is InChI=1S/C22H14O6/c23-19(15-7-3-1-4-8-15)27-21(25)17-11-13-18(14-12-17)22(26)28-20(24)16-9-5-2-6-10-16/h1-14H. The number of esters is 4. The molecule has 0 fully saturated rings. The lowest BCUT2D eigenvalue weighted by molar-refractivity contribution is 0.0376. The second-order valence-corrected chi connectivity index (χ2v) is 5.66. The van der Waals surface area contributed by atoms with Crippen LogP contribution in [0.1, 0.15) is 41.4 Å². The van der Waals surface area contributed by atoms with Crippen molar-refractivity contribution >= 4 is 23.9 Å². The summed E-state index contributed by atoms with van der Waals surface area (Å²) in [6.07, 6.45) is 0. The number of hydrogen-bond donors (Lipinski definition) is 0. The molecule has 6 heteroatoms. The summed E-state index contributed by atoms with van der Waals surface area (Å²) in [4.78, 5) is 47.9. The quantitative estimate of drug-likeness (QED) is 0.511. The van der Waals surface area contributed by atoms with Gasteiger partial charge in [-0.1, -0.05) is 36.4 Å². The van der Waals surface area contributed by atoms with Gasteiger partial charge in [0, 0.05) is 0 Å². The normalized spacial score (nSPS) is 10.0. The molecule has 3 rings (SSSR count). The SMILES string of the molecule is O=C(OC(=O)c1ccc(C(=O)OC(=O)c2ccccc2)cc1)c1ccccc1. The largest absolute Gasteiger partial charge is 0.386 e. The molecule has 0 N–H and O–H groups in total. The third kappa shape index (κ3) is 4.56. The zero-order chi connectivity index (χ0) is 19.9. The van der Waals surface area contributed by atoms with Crippen LogP contribution in [0.5, 0.6) is 0 Å². The molecule has 0 spiro atoms. The van der Waals surface area contributed by atoms with Crippen LogP contribution >= 0.6 is 0 Å². The van der Waals surface area contributed by atoms with Gasteiger partial charge in [-0.15, -0.1) is 0 Å². The first kappa shape index (κ1) is 18.7. The molecular weight excluding hydrogens is 360 g/mol. The Hall–Kier alpha value is -4.06. The second kappa shape index (κ2) is 8.55. The van der Waals surface area contributed by atoms with Crippen molar-refractivity contribution in [2.24, 2.45) is 0 Å². The molecule has 0 heterocycles. The number of carbonyl (C=O) groups excluding carboxylic acids is 4. The van der Waals surface area contributed by atoms with E-state index < -0.39 is 23.9 Å². The molecule has 0 bridgehead atoms. The molecule has 0 radical (unpaired) electrons. The summed E-state index contributed by atoms with van der Waals surface area (Å²) in [6.45, 7) is 0. The van der Waals surface area contributed by atoms with Gasteiger partial charge in [0.15, 0.2) is 0 Å². The van der Waals surface area contributed by atoms with Gasteiger partial charge >= 0.3 is 23.9 Å². The van der Waals surface area contributed by atoms with Crippen LogP contribution in [0.25, 0.3) is 0 Å². The van der Waals surface area contributed by atoms with Crippen molar-refractivity contribution in [3.05, 3.63) is 107 Å². The minimum atomic E-state index is -0.853. The van der Waals surface area contributed by atoms with Crippen molar-refractivity contribution in [2.45, 2.75) is 0 Å². The Morgan fingerprint density at radius 3 is 0.929 bits per heavy atom. The summed E-state index contributed by atoms with van der Waals surface area (Å²) >= 11 is 0. The molecule has 0 aliphatic heterocycles. The molecule has 28 heavy (non-hydrogen) atoms. The molecule has 0 amide bonds. The van der Waals surface area contributed by atoms with E-state index in [1.807, 2.05) is 0 Å². The highest BCUT2D eigenvalue weighted by atomic mass is 16.6. The summed E-state index contributed by atoms with van der Waals surface area (Å²) in [6, 6.07) is 21.4. The molecule has 3 aromatic rings. The second-order valence-electron chi connectivity index (χ2n) is 5.66. The Kier molecular flexibility index (Phi) is 5.72. The molecular formula is C22H14O6. The molecule has 0 unspecified atom stereocenters. The number of ether oxygens (including phenoxy) is 2. The van der Waals surface area contributed by atoms with E-state index in [9.17, 15) is 19.2 Å². The zero-order valence-electron chi connectivity index (χ0n) is 14.5. The Bertz CT molecular complexity index is 923. The fraction of sp³-hybridized carbons (Fsp3) is 0. The van der Waals surface area contributed by atoms with Crippen LogP contribution in [0.2, 0.25) is 0 Å². The number of hydrogen-bond acceptors (Lipinski definition) is 6. The fourth-order valence-corrected chi connectivity index (χ4v) is 2.29. The first-order chi connectivity index (χ1) is 13.5. The minimum Gasteiger partial charge on any atom is -0.386 e. The Morgan fingerprint density at radius 2 is 0.643 bits per heavy atom. The first-order valence-corrected chi connectivity index (χ1v) is 8.28. The molecule has 6 nitrogen and oxygen atoms in total. The monoisotopic (exact) mass is 374 g/mol. The van der Waals surface area contributed by atoms with Crippen LogP contribution in [0.15, 0.2) is 84.9 Å². The zero-order valence-corrected chi connectivity index (χ0v) is 14.5. The maximum atomic E-state index is 12.1. The maximum Gasteiger partial charge on any atom is 0.346 e. The summed E-state index contributed by atoms with van der Waals surface area (Å²) in [5, 5.41) is 0. The highest BCUT2D eigenvalue weighted by Crippen LogP contribution is 2.11. The van der Waals surface area contributed by atoms with E-state index in [-0.39, 0.29) is 22.3 Å². The predicted octanol–water partition coefficient (Wildman–Crippen LogP) is 3.68. The smallest absolute Gasteiger partial charge is 0.346 e. The molecule has 0 aliphatic rings. The third-order valence-electron chi connectivity index (χ3n) is 3.75. The van der Waals surface area contributed by atoms with Crippen LogP contribution in [0.3, 0.4) is 0 Å². The Labute approximate surface area is 160 Å². The molecule has 0 aromatic heterocycles. The van der Waals surface area contributed by atoms with Crippen molar-refractivity contribution in [2.75, 3.05) is 0 Å². The number of carbonyl (C=O) groups is 4. The average Bonchev–Trinajstić information content (AvgIpc) is 2.75. The lowest BCUT2D eigenvalue weighted by Crippen LogP contribution is -2.14. The third-order valence-corrected chi connectivity index (χ3v) is 3.75. The van der Waals surface area contributed by atoms with Gasteiger partial charge in [-0.2, -0.15) is 0 Å². The predicted molar refractivity (Wildman–Crippen MR) is 98.8 cm³/mol. The van der Waals surface area contributed by atoms with E-state index in [0.29, 0.717) is 0 Å². The molecule has 0 atom stereocenters. The lowest BCUT2D eigenvalue weighted by atomic mass is 10.1. The summed E-state index contributed by atoms with van der Waals surface area (Å²) in [5.74, 6) is -3.26. The van der Waals surface area contributed by atoms with E-state index >= 15 is 0 Å². The first-order valence-electron chi connectivity index (χ1n) is 8.28. The van der Waals surface area contributed by atoms with Crippen LogP contribution in [-0.2, 0) is 9.47 Å². The van der Waals surface area contributed by atoms with Gasteiger partial charge < -0.3 is 9.47 Å². The van der Waals surface area contributed by atoms with E-state index in [1.54, 1.807) is 36.4 Å². The van der Waals surface area contributed by atoms with E-state index in [4.69, 9.17) is 9.47 Å². The lowest BCUT2D eigenvalue weighted by Gasteiger charge is -2.05. The molecule has 0 saturated carbocycles. The Balaban J connectivity index is 1.62. The van der Waals surface area contributed by atoms with Crippen molar-refractivity contribution in [3.8, 4) is 0 Å². The summed E-state index contributed by atoms with van der Waals surface area (Å²) in [5.41, 5.74) is 0.649. The van der Waals surface area contributed by atoms with Crippen LogP contribution in [0.4, 0.5) is 0 Å². The van der Waals surface area contributed by atoms with E-state index in [2.05, 4.69) is 0 Å². The molecule has 138 valence electrons. The summed E-state index contributed by atoms with van der Waals surface area (Å²) < 4.78 is 9.59. The Morgan fingerprint density at radius 1 is 0.393 bits per heavy atom. The van der Waals surface area contributed by atoms with Crippen LogP contribution in [0, 0.1) is 0 Å². The van der Waals surface area contributed by atoms with Gasteiger partial charge in [-0.3, -0.25) is 0 Å². The summed E-state index contributed by atoms with van der Waals surface area (Å²) in [7, 11) is 0. The van der Waals surface area contributed by atoms with E-state index in [0.717, 1.165) is 0 Å². The topological polar surface area (TPSA) is 86.7 Å². The van der Waals surface area contributed by atoms with Crippen LogP contribution < -0.4 is 0 Å². The van der Waals surface area contributed by atoms with Gasteiger partial charge in [0.1, 0.15) is 0 Å². The van der Waals surface area contributed by atoms with Gasteiger partial charge in [0.05, 0.1) is 22.3 Å². The van der Waals surface area contributed by atoms with E-state index in [1.165, 1.54) is 48.5 Å². The maximum absolute atomic E-state index is 12.1. The number of benzene rings is 3. The highest BCUT2D eigenvalue weighted by Gasteiger charge is 2.17. The molecule has 0 aliphatic carbocycles. The average molecular weight is 374 g/mol. The number of rotatable bonds is 4. The van der Waals surface area contributed by atoms with Gasteiger partial charge in [-0.25, -0.2) is 19.2 Å². The highest BCUT2D eigenvalue weighted by molar-refractivity contribution is 6.04. The van der Waals surface area contributed by atoms with Crippen LogP contribution in [-0.4, -0.2) is 23.9 Å².